The Morgan fingerprint density at radius 1 is 0.574 bits per heavy atom. The predicted molar refractivity (Wildman–Crippen MR) is 224 cm³/mol. The standard InChI is InChI=1S/C44H72NO8P/c1-4-6-8-10-12-14-16-18-20-21-23-24-26-28-30-32-34-36-43(46)50-40-42(41-52-54(48,49)51-39-38-45-3)53-44(47)37-35-33-31-29-27-25-22-19-17-15-13-11-9-7-5-2/h6-9,12-15,18-20,22-24,27,29,42,45H,4-5,10-11,16-17,21,25-26,28,30-41H2,1-3H3,(H,48,49)/b8-6-,9-7-,14-12-,15-13-,20-18-,22-19-,24-23-,29-27-. The van der Waals surface area contributed by atoms with E-state index in [2.05, 4.69) is 116 Å². The van der Waals surface area contributed by atoms with Crippen molar-refractivity contribution in [3.63, 3.8) is 0 Å². The number of ether oxygens (including phenoxy) is 2. The Morgan fingerprint density at radius 3 is 1.50 bits per heavy atom. The number of rotatable bonds is 36. The van der Waals surface area contributed by atoms with Crippen molar-refractivity contribution in [3.05, 3.63) is 97.2 Å². The molecule has 0 amide bonds. The number of hydrogen-bond donors (Lipinski definition) is 2. The van der Waals surface area contributed by atoms with E-state index < -0.39 is 32.5 Å². The third kappa shape index (κ3) is 38.6. The molecule has 0 aliphatic rings. The fourth-order valence-electron chi connectivity index (χ4n) is 4.71. The molecule has 0 heterocycles. The molecule has 2 atom stereocenters. The summed E-state index contributed by atoms with van der Waals surface area (Å²) in [6.07, 6.45) is 48.8. The Morgan fingerprint density at radius 2 is 1.00 bits per heavy atom. The zero-order chi connectivity index (χ0) is 39.6. The van der Waals surface area contributed by atoms with Crippen LogP contribution in [0.25, 0.3) is 0 Å². The van der Waals surface area contributed by atoms with Crippen LogP contribution in [0.3, 0.4) is 0 Å². The molecule has 10 heteroatoms. The fraction of sp³-hybridized carbons (Fsp3) is 0.591. The molecule has 0 bridgehead atoms. The molecule has 0 aliphatic heterocycles. The van der Waals surface area contributed by atoms with E-state index in [9.17, 15) is 19.0 Å². The maximum absolute atomic E-state index is 12.6. The molecule has 0 aromatic heterocycles. The molecule has 0 spiro atoms. The molecule has 2 N–H and O–H groups in total. The first-order valence-corrected chi connectivity index (χ1v) is 21.7. The number of nitrogens with one attached hydrogen (secondary N) is 1. The van der Waals surface area contributed by atoms with E-state index in [1.165, 1.54) is 0 Å². The summed E-state index contributed by atoms with van der Waals surface area (Å²) in [6.45, 7) is 3.88. The van der Waals surface area contributed by atoms with Crippen molar-refractivity contribution in [1.29, 1.82) is 0 Å². The highest BCUT2D eigenvalue weighted by atomic mass is 31.2. The van der Waals surface area contributed by atoms with Crippen molar-refractivity contribution < 1.29 is 37.6 Å². The van der Waals surface area contributed by atoms with Crippen LogP contribution < -0.4 is 5.32 Å². The molecule has 0 saturated heterocycles. The van der Waals surface area contributed by atoms with Crippen LogP contribution >= 0.6 is 7.82 Å². The largest absolute Gasteiger partial charge is 0.472 e. The maximum Gasteiger partial charge on any atom is 0.472 e. The molecule has 0 fully saturated rings. The van der Waals surface area contributed by atoms with Gasteiger partial charge in [0.25, 0.3) is 0 Å². The Hall–Kier alpha value is -3.07. The lowest BCUT2D eigenvalue weighted by Gasteiger charge is -2.20. The molecular weight excluding hydrogens is 701 g/mol. The van der Waals surface area contributed by atoms with E-state index in [1.807, 2.05) is 0 Å². The minimum atomic E-state index is -4.37. The summed E-state index contributed by atoms with van der Waals surface area (Å²) in [6, 6.07) is 0. The van der Waals surface area contributed by atoms with Gasteiger partial charge in [-0.15, -0.1) is 0 Å². The zero-order valence-electron chi connectivity index (χ0n) is 33.6. The SMILES string of the molecule is CC/C=C\C/C=C\C/C=C\C/C=C\CCCCCCC(=O)OCC(COP(=O)(O)OCCNC)OC(=O)CCCC/C=C\C/C=C\C/C=C\C/C=C\CC. The summed E-state index contributed by atoms with van der Waals surface area (Å²) in [7, 11) is -2.68. The zero-order valence-corrected chi connectivity index (χ0v) is 34.5. The van der Waals surface area contributed by atoms with Gasteiger partial charge >= 0.3 is 19.8 Å². The fourth-order valence-corrected chi connectivity index (χ4v) is 5.46. The lowest BCUT2D eigenvalue weighted by atomic mass is 10.1. The minimum absolute atomic E-state index is 0.0353. The summed E-state index contributed by atoms with van der Waals surface area (Å²) in [4.78, 5) is 35.0. The number of allylic oxidation sites excluding steroid dienone is 16. The average Bonchev–Trinajstić information content (AvgIpc) is 3.15. The van der Waals surface area contributed by atoms with Gasteiger partial charge in [-0.05, 0) is 96.9 Å². The highest BCUT2D eigenvalue weighted by Gasteiger charge is 2.26. The van der Waals surface area contributed by atoms with Crippen molar-refractivity contribution in [2.75, 3.05) is 33.4 Å². The number of carbonyl (C=O) groups excluding carboxylic acids is 2. The first kappa shape index (κ1) is 50.9. The van der Waals surface area contributed by atoms with Crippen LogP contribution in [-0.2, 0) is 32.7 Å². The summed E-state index contributed by atoms with van der Waals surface area (Å²) >= 11 is 0. The van der Waals surface area contributed by atoms with Crippen LogP contribution in [0.1, 0.15) is 129 Å². The van der Waals surface area contributed by atoms with Gasteiger partial charge in [-0.25, -0.2) is 4.57 Å². The number of carbonyl (C=O) groups is 2. The normalized spacial score (nSPS) is 14.4. The van der Waals surface area contributed by atoms with Crippen LogP contribution in [0.4, 0.5) is 0 Å². The quantitative estimate of drug-likeness (QED) is 0.0277. The third-order valence-corrected chi connectivity index (χ3v) is 8.68. The molecule has 0 aromatic rings. The topological polar surface area (TPSA) is 120 Å². The Balaban J connectivity index is 4.40. The van der Waals surface area contributed by atoms with Crippen molar-refractivity contribution >= 4 is 19.8 Å². The molecule has 0 rings (SSSR count). The van der Waals surface area contributed by atoms with E-state index in [-0.39, 0.29) is 26.1 Å². The number of likely N-dealkylation sites (N-methyl/N-ethyl adjacent to an activating group) is 1. The summed E-state index contributed by atoms with van der Waals surface area (Å²) in [5.74, 6) is -0.896. The lowest BCUT2D eigenvalue weighted by Crippen LogP contribution is -2.29. The number of unbranched alkanes of at least 4 members (excludes halogenated alkanes) is 6. The number of esters is 2. The van der Waals surface area contributed by atoms with Crippen molar-refractivity contribution in [3.8, 4) is 0 Å². The second-order valence-corrected chi connectivity index (χ2v) is 14.2. The molecule has 0 aliphatic carbocycles. The maximum atomic E-state index is 12.6. The van der Waals surface area contributed by atoms with Gasteiger partial charge in [0.15, 0.2) is 6.10 Å². The average molecular weight is 774 g/mol. The van der Waals surface area contributed by atoms with Crippen LogP contribution in [0.15, 0.2) is 97.2 Å². The van der Waals surface area contributed by atoms with E-state index in [1.54, 1.807) is 7.05 Å². The number of phosphoric ester groups is 1. The lowest BCUT2D eigenvalue weighted by molar-refractivity contribution is -0.161. The highest BCUT2D eigenvalue weighted by molar-refractivity contribution is 7.47. The first-order valence-electron chi connectivity index (χ1n) is 20.2. The Labute approximate surface area is 328 Å². The highest BCUT2D eigenvalue weighted by Crippen LogP contribution is 2.43. The van der Waals surface area contributed by atoms with Gasteiger partial charge in [0, 0.05) is 19.4 Å². The third-order valence-electron chi connectivity index (χ3n) is 7.70. The van der Waals surface area contributed by atoms with Gasteiger partial charge in [0.1, 0.15) is 6.61 Å². The van der Waals surface area contributed by atoms with Crippen LogP contribution in [-0.4, -0.2) is 56.3 Å². The smallest absolute Gasteiger partial charge is 0.462 e. The molecule has 0 radical (unpaired) electrons. The molecule has 0 aromatic carbocycles. The second kappa shape index (κ2) is 39.6. The summed E-state index contributed by atoms with van der Waals surface area (Å²) < 4.78 is 33.1. The van der Waals surface area contributed by atoms with Gasteiger partial charge in [0.05, 0.1) is 13.2 Å². The van der Waals surface area contributed by atoms with Crippen LogP contribution in [0.2, 0.25) is 0 Å². The monoisotopic (exact) mass is 773 g/mol. The number of phosphoric acid groups is 1. The van der Waals surface area contributed by atoms with Crippen molar-refractivity contribution in [1.82, 2.24) is 5.32 Å². The van der Waals surface area contributed by atoms with Crippen molar-refractivity contribution in [2.24, 2.45) is 0 Å². The number of hydrogen-bond acceptors (Lipinski definition) is 8. The van der Waals surface area contributed by atoms with Gasteiger partial charge < -0.3 is 19.7 Å². The van der Waals surface area contributed by atoms with Gasteiger partial charge in [-0.1, -0.05) is 124 Å². The van der Waals surface area contributed by atoms with E-state index >= 15 is 0 Å². The van der Waals surface area contributed by atoms with Crippen LogP contribution in [0.5, 0.6) is 0 Å². The van der Waals surface area contributed by atoms with Gasteiger partial charge in [-0.2, -0.15) is 0 Å². The van der Waals surface area contributed by atoms with Crippen LogP contribution in [0, 0.1) is 0 Å². The molecular formula is C44H72NO8P. The van der Waals surface area contributed by atoms with E-state index in [0.29, 0.717) is 19.4 Å². The molecule has 306 valence electrons. The first-order chi connectivity index (χ1) is 26.3. The summed E-state index contributed by atoms with van der Waals surface area (Å²) in [5.41, 5.74) is 0. The Kier molecular flexibility index (Phi) is 37.4. The summed E-state index contributed by atoms with van der Waals surface area (Å²) in [5, 5.41) is 2.81. The molecule has 9 nitrogen and oxygen atoms in total. The second-order valence-electron chi connectivity index (χ2n) is 12.7. The Bertz CT molecular complexity index is 1200. The molecule has 2 unspecified atom stereocenters. The van der Waals surface area contributed by atoms with E-state index in [4.69, 9.17) is 18.5 Å². The van der Waals surface area contributed by atoms with Gasteiger partial charge in [0.2, 0.25) is 0 Å². The van der Waals surface area contributed by atoms with Gasteiger partial charge in [-0.3, -0.25) is 18.6 Å². The van der Waals surface area contributed by atoms with Crippen molar-refractivity contribution in [2.45, 2.75) is 136 Å². The molecule has 54 heavy (non-hydrogen) atoms. The molecule has 0 saturated carbocycles. The predicted octanol–water partition coefficient (Wildman–Crippen LogP) is 11.3. The minimum Gasteiger partial charge on any atom is -0.462 e. The van der Waals surface area contributed by atoms with E-state index in [0.717, 1.165) is 89.9 Å².